The van der Waals surface area contributed by atoms with Gasteiger partial charge in [-0.15, -0.1) is 0 Å². The first-order chi connectivity index (χ1) is 17.4. The third-order valence-electron chi connectivity index (χ3n) is 7.30. The van der Waals surface area contributed by atoms with Crippen LogP contribution in [0.15, 0.2) is 54.6 Å². The zero-order valence-electron chi connectivity index (χ0n) is 21.9. The van der Waals surface area contributed by atoms with Crippen LogP contribution in [0.1, 0.15) is 37.4 Å². The molecule has 4 rings (SSSR count). The van der Waals surface area contributed by atoms with Crippen LogP contribution in [-0.4, -0.2) is 86.0 Å². The van der Waals surface area contributed by atoms with Gasteiger partial charge in [-0.25, -0.2) is 0 Å². The third-order valence-corrected chi connectivity index (χ3v) is 7.30. The number of carbonyl (C=O) groups excluding carboxylic acids is 2. The second-order valence-corrected chi connectivity index (χ2v) is 10.5. The summed E-state index contributed by atoms with van der Waals surface area (Å²) in [6, 6.07) is 17.6. The van der Waals surface area contributed by atoms with E-state index in [1.165, 1.54) is 6.42 Å². The lowest BCUT2D eigenvalue weighted by molar-refractivity contribution is -0.135. The van der Waals surface area contributed by atoms with Gasteiger partial charge in [0.15, 0.2) is 0 Å². The lowest BCUT2D eigenvalue weighted by Gasteiger charge is -2.38. The van der Waals surface area contributed by atoms with Crippen molar-refractivity contribution in [2.24, 2.45) is 11.8 Å². The lowest BCUT2D eigenvalue weighted by Crippen LogP contribution is -2.53. The number of piperidine rings is 1. The molecule has 2 aliphatic heterocycles. The molecule has 0 aromatic heterocycles. The van der Waals surface area contributed by atoms with Gasteiger partial charge < -0.3 is 15.0 Å². The fourth-order valence-corrected chi connectivity index (χ4v) is 5.47. The summed E-state index contributed by atoms with van der Waals surface area (Å²) in [6.07, 6.45) is 1.20. The number of methoxy groups -OCH3 is 1. The summed E-state index contributed by atoms with van der Waals surface area (Å²) in [5.74, 6) is 2.18. The Morgan fingerprint density at radius 2 is 1.42 bits per heavy atom. The zero-order chi connectivity index (χ0) is 25.5. The van der Waals surface area contributed by atoms with Crippen molar-refractivity contribution in [2.45, 2.75) is 26.3 Å². The SMILES string of the molecule is COc1ccc([C@H](NC(=O)CN2CCN(CC(=O)N3C[C@H](C)C[C@@H](C)C3)CC2)c2ccccc2)cc1. The first-order valence-corrected chi connectivity index (χ1v) is 13.1. The summed E-state index contributed by atoms with van der Waals surface area (Å²) >= 11 is 0. The van der Waals surface area contributed by atoms with E-state index in [4.69, 9.17) is 4.74 Å². The third kappa shape index (κ3) is 7.08. The monoisotopic (exact) mass is 492 g/mol. The molecule has 0 bridgehead atoms. The van der Waals surface area contributed by atoms with Gasteiger partial charge in [-0.3, -0.25) is 19.4 Å². The maximum Gasteiger partial charge on any atom is 0.236 e. The Balaban J connectivity index is 1.28. The number of likely N-dealkylation sites (tertiary alicyclic amines) is 1. The van der Waals surface area contributed by atoms with E-state index in [1.54, 1.807) is 7.11 Å². The number of hydrogen-bond acceptors (Lipinski definition) is 5. The van der Waals surface area contributed by atoms with Crippen molar-refractivity contribution in [3.05, 3.63) is 65.7 Å². The van der Waals surface area contributed by atoms with Gasteiger partial charge in [0.25, 0.3) is 0 Å². The molecule has 194 valence electrons. The molecule has 2 heterocycles. The van der Waals surface area contributed by atoms with Crippen LogP contribution in [0.2, 0.25) is 0 Å². The van der Waals surface area contributed by atoms with E-state index in [2.05, 4.69) is 29.0 Å². The number of nitrogens with one attached hydrogen (secondary N) is 1. The maximum atomic E-state index is 13.1. The molecule has 3 atom stereocenters. The van der Waals surface area contributed by atoms with Crippen molar-refractivity contribution in [2.75, 3.05) is 59.5 Å². The number of carbonyl (C=O) groups is 2. The van der Waals surface area contributed by atoms with E-state index in [9.17, 15) is 9.59 Å². The number of benzene rings is 2. The van der Waals surface area contributed by atoms with Gasteiger partial charge in [0.05, 0.1) is 26.2 Å². The number of nitrogens with zero attached hydrogens (tertiary/aromatic N) is 3. The topological polar surface area (TPSA) is 65.1 Å². The predicted octanol–water partition coefficient (Wildman–Crippen LogP) is 3.02. The fourth-order valence-electron chi connectivity index (χ4n) is 5.47. The second-order valence-electron chi connectivity index (χ2n) is 10.5. The number of rotatable bonds is 8. The molecule has 0 radical (unpaired) electrons. The molecule has 2 aromatic carbocycles. The highest BCUT2D eigenvalue weighted by atomic mass is 16.5. The molecule has 0 aliphatic carbocycles. The molecule has 0 saturated carbocycles. The molecule has 0 spiro atoms. The highest BCUT2D eigenvalue weighted by Crippen LogP contribution is 2.24. The molecule has 2 saturated heterocycles. The molecule has 7 nitrogen and oxygen atoms in total. The smallest absolute Gasteiger partial charge is 0.236 e. The Labute approximate surface area is 215 Å². The molecule has 36 heavy (non-hydrogen) atoms. The molecular formula is C29H40N4O3. The minimum Gasteiger partial charge on any atom is -0.497 e. The second kappa shape index (κ2) is 12.4. The average Bonchev–Trinajstić information content (AvgIpc) is 2.88. The van der Waals surface area contributed by atoms with Crippen LogP contribution in [0.3, 0.4) is 0 Å². The Hall–Kier alpha value is -2.90. The van der Waals surface area contributed by atoms with Crippen molar-refractivity contribution in [3.63, 3.8) is 0 Å². The summed E-state index contributed by atoms with van der Waals surface area (Å²) < 4.78 is 5.29. The van der Waals surface area contributed by atoms with Gasteiger partial charge in [0.2, 0.25) is 11.8 Å². The van der Waals surface area contributed by atoms with Crippen LogP contribution in [0.4, 0.5) is 0 Å². The predicted molar refractivity (Wildman–Crippen MR) is 142 cm³/mol. The van der Waals surface area contributed by atoms with E-state index in [0.717, 1.165) is 56.1 Å². The van der Waals surface area contributed by atoms with E-state index >= 15 is 0 Å². The lowest BCUT2D eigenvalue weighted by atomic mass is 9.92. The standard InChI is InChI=1S/C29H40N4O3/c1-22-17-23(2)19-33(18-22)28(35)21-32-15-13-31(14-16-32)20-27(34)30-29(24-7-5-4-6-8-24)25-9-11-26(36-3)12-10-25/h4-12,22-23,29H,13-21H2,1-3H3,(H,30,34)/t22-,23-,29-/m1/s1. The number of hydrogen-bond donors (Lipinski definition) is 1. The largest absolute Gasteiger partial charge is 0.497 e. The highest BCUT2D eigenvalue weighted by Gasteiger charge is 2.28. The van der Waals surface area contributed by atoms with Crippen molar-refractivity contribution in [1.29, 1.82) is 0 Å². The van der Waals surface area contributed by atoms with Gasteiger partial charge >= 0.3 is 0 Å². The summed E-state index contributed by atoms with van der Waals surface area (Å²) in [4.78, 5) is 32.4. The van der Waals surface area contributed by atoms with Crippen LogP contribution < -0.4 is 10.1 Å². The quantitative estimate of drug-likeness (QED) is 0.614. The number of amides is 2. The Kier molecular flexibility index (Phi) is 8.99. The summed E-state index contributed by atoms with van der Waals surface area (Å²) in [7, 11) is 1.65. The number of ether oxygens (including phenoxy) is 1. The van der Waals surface area contributed by atoms with Crippen LogP contribution in [-0.2, 0) is 9.59 Å². The van der Waals surface area contributed by atoms with Gasteiger partial charge in [-0.2, -0.15) is 0 Å². The van der Waals surface area contributed by atoms with Crippen LogP contribution in [0.5, 0.6) is 5.75 Å². The number of piperazine rings is 1. The summed E-state index contributed by atoms with van der Waals surface area (Å²) in [5, 5.41) is 3.23. The van der Waals surface area contributed by atoms with Gasteiger partial charge in [0, 0.05) is 39.3 Å². The highest BCUT2D eigenvalue weighted by molar-refractivity contribution is 5.79. The average molecular weight is 493 g/mol. The normalized spacial score (nSPS) is 22.1. The zero-order valence-corrected chi connectivity index (χ0v) is 21.9. The van der Waals surface area contributed by atoms with Crippen molar-refractivity contribution >= 4 is 11.8 Å². The van der Waals surface area contributed by atoms with Crippen LogP contribution >= 0.6 is 0 Å². The summed E-state index contributed by atoms with van der Waals surface area (Å²) in [6.45, 7) is 10.2. The minimum atomic E-state index is -0.224. The van der Waals surface area contributed by atoms with Crippen molar-refractivity contribution < 1.29 is 14.3 Å². The first kappa shape index (κ1) is 26.2. The molecule has 2 amide bonds. The van der Waals surface area contributed by atoms with Gasteiger partial charge in [-0.1, -0.05) is 56.3 Å². The van der Waals surface area contributed by atoms with Crippen molar-refractivity contribution in [3.8, 4) is 5.75 Å². The molecule has 2 aliphatic rings. The van der Waals surface area contributed by atoms with Crippen LogP contribution in [0, 0.1) is 11.8 Å². The van der Waals surface area contributed by atoms with Crippen LogP contribution in [0.25, 0.3) is 0 Å². The Morgan fingerprint density at radius 3 is 2.00 bits per heavy atom. The maximum absolute atomic E-state index is 13.1. The molecule has 1 N–H and O–H groups in total. The molecule has 2 aromatic rings. The molecule has 7 heteroatoms. The van der Waals surface area contributed by atoms with Gasteiger partial charge in [0.1, 0.15) is 5.75 Å². The minimum absolute atomic E-state index is 0.000453. The van der Waals surface area contributed by atoms with E-state index in [1.807, 2.05) is 59.5 Å². The molecule has 2 fully saturated rings. The summed E-state index contributed by atoms with van der Waals surface area (Å²) in [5.41, 5.74) is 2.06. The fraction of sp³-hybridized carbons (Fsp3) is 0.517. The van der Waals surface area contributed by atoms with E-state index in [-0.39, 0.29) is 17.9 Å². The molecular weight excluding hydrogens is 452 g/mol. The Morgan fingerprint density at radius 1 is 0.861 bits per heavy atom. The van der Waals surface area contributed by atoms with E-state index in [0.29, 0.717) is 24.9 Å². The van der Waals surface area contributed by atoms with Gasteiger partial charge in [-0.05, 0) is 41.5 Å². The van der Waals surface area contributed by atoms with E-state index < -0.39 is 0 Å². The Bertz CT molecular complexity index is 979. The molecule has 0 unspecified atom stereocenters. The first-order valence-electron chi connectivity index (χ1n) is 13.1. The van der Waals surface area contributed by atoms with Crippen molar-refractivity contribution in [1.82, 2.24) is 20.0 Å².